The van der Waals surface area contributed by atoms with E-state index in [9.17, 15) is 35.9 Å². The number of alkyl halides is 6. The first kappa shape index (κ1) is 24.4. The molecule has 0 radical (unpaired) electrons. The number of nitrogen functional groups attached to an aromatic ring is 2. The monoisotopic (exact) mass is 484 g/mol. The van der Waals surface area contributed by atoms with Crippen molar-refractivity contribution in [1.29, 1.82) is 0 Å². The van der Waals surface area contributed by atoms with Gasteiger partial charge in [0.2, 0.25) is 0 Å². The SMILES string of the molecule is Nc1ccc(OC(=O)c2cccc(C(=O)Oc3ccc(N)c(C(F)(F)F)c3)c2)cc1C(F)(F)F. The maximum absolute atomic E-state index is 13.0. The van der Waals surface area contributed by atoms with Gasteiger partial charge in [-0.25, -0.2) is 9.59 Å². The van der Waals surface area contributed by atoms with Gasteiger partial charge in [0.15, 0.2) is 0 Å². The zero-order valence-corrected chi connectivity index (χ0v) is 16.8. The quantitative estimate of drug-likeness (QED) is 0.225. The van der Waals surface area contributed by atoms with Crippen LogP contribution in [0.25, 0.3) is 0 Å². The third-order valence-corrected chi connectivity index (χ3v) is 4.42. The summed E-state index contributed by atoms with van der Waals surface area (Å²) in [7, 11) is 0. The summed E-state index contributed by atoms with van der Waals surface area (Å²) < 4.78 is 87.7. The highest BCUT2D eigenvalue weighted by atomic mass is 19.4. The van der Waals surface area contributed by atoms with Crippen molar-refractivity contribution in [2.45, 2.75) is 12.4 Å². The summed E-state index contributed by atoms with van der Waals surface area (Å²) in [6.45, 7) is 0. The minimum absolute atomic E-state index is 0.229. The van der Waals surface area contributed by atoms with E-state index in [1.54, 1.807) is 0 Å². The van der Waals surface area contributed by atoms with Gasteiger partial charge in [0.05, 0.1) is 22.3 Å². The Labute approximate surface area is 187 Å². The molecule has 0 saturated carbocycles. The van der Waals surface area contributed by atoms with Gasteiger partial charge in [-0.05, 0) is 54.6 Å². The van der Waals surface area contributed by atoms with Crippen LogP contribution in [0.5, 0.6) is 11.5 Å². The lowest BCUT2D eigenvalue weighted by Crippen LogP contribution is -2.14. The van der Waals surface area contributed by atoms with Crippen LogP contribution < -0.4 is 20.9 Å². The Bertz CT molecular complexity index is 1160. The summed E-state index contributed by atoms with van der Waals surface area (Å²) in [5.74, 6) is -3.08. The van der Waals surface area contributed by atoms with Crippen LogP contribution in [0.2, 0.25) is 0 Å². The molecule has 0 aromatic heterocycles. The number of anilines is 2. The minimum atomic E-state index is -4.77. The van der Waals surface area contributed by atoms with E-state index in [0.29, 0.717) is 12.1 Å². The van der Waals surface area contributed by atoms with E-state index in [4.69, 9.17) is 20.9 Å². The fourth-order valence-electron chi connectivity index (χ4n) is 2.79. The van der Waals surface area contributed by atoms with Gasteiger partial charge in [0.25, 0.3) is 0 Å². The summed E-state index contributed by atoms with van der Waals surface area (Å²) in [4.78, 5) is 24.7. The van der Waals surface area contributed by atoms with Crippen molar-refractivity contribution in [2.75, 3.05) is 11.5 Å². The Hall–Kier alpha value is -4.22. The lowest BCUT2D eigenvalue weighted by Gasteiger charge is -2.12. The predicted molar refractivity (Wildman–Crippen MR) is 108 cm³/mol. The fourth-order valence-corrected chi connectivity index (χ4v) is 2.79. The molecule has 0 fully saturated rings. The summed E-state index contributed by atoms with van der Waals surface area (Å²) in [5, 5.41) is 0. The second-order valence-electron chi connectivity index (χ2n) is 6.85. The molecule has 0 saturated heterocycles. The first-order valence-corrected chi connectivity index (χ1v) is 9.23. The average Bonchev–Trinajstić information content (AvgIpc) is 2.75. The minimum Gasteiger partial charge on any atom is -0.423 e. The zero-order chi connectivity index (χ0) is 25.3. The number of hydrogen-bond donors (Lipinski definition) is 2. The molecule has 0 aliphatic heterocycles. The number of carbonyl (C=O) groups excluding carboxylic acids is 2. The largest absolute Gasteiger partial charge is 0.423 e. The second kappa shape index (κ2) is 8.96. The summed E-state index contributed by atoms with van der Waals surface area (Å²) in [6, 6.07) is 9.73. The maximum Gasteiger partial charge on any atom is 0.418 e. The van der Waals surface area contributed by atoms with Gasteiger partial charge in [0.1, 0.15) is 11.5 Å². The molecule has 34 heavy (non-hydrogen) atoms. The molecule has 0 unspecified atom stereocenters. The van der Waals surface area contributed by atoms with Gasteiger partial charge in [-0.2, -0.15) is 26.3 Å². The summed E-state index contributed by atoms with van der Waals surface area (Å²) >= 11 is 0. The van der Waals surface area contributed by atoms with E-state index in [1.165, 1.54) is 18.2 Å². The highest BCUT2D eigenvalue weighted by Crippen LogP contribution is 2.37. The molecule has 0 aliphatic rings. The van der Waals surface area contributed by atoms with Gasteiger partial charge in [-0.15, -0.1) is 0 Å². The molecule has 0 aliphatic carbocycles. The van der Waals surface area contributed by atoms with E-state index in [1.807, 2.05) is 0 Å². The Morgan fingerprint density at radius 2 is 1.00 bits per heavy atom. The number of benzene rings is 3. The van der Waals surface area contributed by atoms with Gasteiger partial charge in [-0.1, -0.05) is 6.07 Å². The van der Waals surface area contributed by atoms with Crippen LogP contribution in [0.4, 0.5) is 37.7 Å². The fraction of sp³-hybridized carbons (Fsp3) is 0.0909. The third kappa shape index (κ3) is 5.57. The Morgan fingerprint density at radius 3 is 1.35 bits per heavy atom. The van der Waals surface area contributed by atoms with Gasteiger partial charge in [-0.3, -0.25) is 0 Å². The van der Waals surface area contributed by atoms with Crippen molar-refractivity contribution in [3.63, 3.8) is 0 Å². The standard InChI is InChI=1S/C22H14F6N2O4/c23-21(24,25)15-9-13(4-6-17(15)29)33-19(31)11-2-1-3-12(8-11)20(32)34-14-5-7-18(30)16(10-14)22(26,27)28/h1-10H,29-30H2. The van der Waals surface area contributed by atoms with Crippen LogP contribution in [-0.4, -0.2) is 11.9 Å². The third-order valence-electron chi connectivity index (χ3n) is 4.42. The molecule has 4 N–H and O–H groups in total. The van der Waals surface area contributed by atoms with Crippen LogP contribution >= 0.6 is 0 Å². The normalized spacial score (nSPS) is 11.7. The molecule has 6 nitrogen and oxygen atoms in total. The molecule has 0 bridgehead atoms. The number of nitrogens with two attached hydrogens (primary N) is 2. The van der Waals surface area contributed by atoms with E-state index in [0.717, 1.165) is 30.3 Å². The number of ether oxygens (including phenoxy) is 2. The van der Waals surface area contributed by atoms with Crippen molar-refractivity contribution in [3.8, 4) is 11.5 Å². The van der Waals surface area contributed by atoms with Crippen molar-refractivity contribution < 1.29 is 45.4 Å². The topological polar surface area (TPSA) is 105 Å². The van der Waals surface area contributed by atoms with Crippen LogP contribution in [0.15, 0.2) is 60.7 Å². The van der Waals surface area contributed by atoms with Gasteiger partial charge < -0.3 is 20.9 Å². The molecule has 3 aromatic carbocycles. The second-order valence-corrected chi connectivity index (χ2v) is 6.85. The molecule has 0 atom stereocenters. The highest BCUT2D eigenvalue weighted by Gasteiger charge is 2.34. The van der Waals surface area contributed by atoms with Crippen LogP contribution in [0, 0.1) is 0 Å². The van der Waals surface area contributed by atoms with Gasteiger partial charge in [0, 0.05) is 11.4 Å². The van der Waals surface area contributed by atoms with E-state index >= 15 is 0 Å². The Kier molecular flexibility index (Phi) is 6.44. The highest BCUT2D eigenvalue weighted by molar-refractivity contribution is 5.96. The number of hydrogen-bond acceptors (Lipinski definition) is 6. The van der Waals surface area contributed by atoms with Crippen LogP contribution in [-0.2, 0) is 12.4 Å². The average molecular weight is 484 g/mol. The molecule has 3 rings (SSSR count). The first-order valence-electron chi connectivity index (χ1n) is 9.23. The van der Waals surface area contributed by atoms with E-state index < -0.39 is 58.3 Å². The van der Waals surface area contributed by atoms with E-state index in [-0.39, 0.29) is 11.1 Å². The molecule has 0 amide bonds. The molecule has 3 aromatic rings. The first-order chi connectivity index (χ1) is 15.8. The summed E-state index contributed by atoms with van der Waals surface area (Å²) in [6.07, 6.45) is -9.55. The molecule has 178 valence electrons. The number of halogens is 6. The van der Waals surface area contributed by atoms with Crippen LogP contribution in [0.3, 0.4) is 0 Å². The number of esters is 2. The van der Waals surface area contributed by atoms with Crippen LogP contribution in [0.1, 0.15) is 31.8 Å². The molecule has 0 spiro atoms. The van der Waals surface area contributed by atoms with Crippen molar-refractivity contribution >= 4 is 23.3 Å². The smallest absolute Gasteiger partial charge is 0.418 e. The maximum atomic E-state index is 13.0. The Balaban J connectivity index is 1.79. The predicted octanol–water partition coefficient (Wildman–Crippen LogP) is 5.33. The van der Waals surface area contributed by atoms with E-state index in [2.05, 4.69) is 0 Å². The van der Waals surface area contributed by atoms with Gasteiger partial charge >= 0.3 is 24.3 Å². The molecule has 0 heterocycles. The number of rotatable bonds is 4. The van der Waals surface area contributed by atoms with Crippen molar-refractivity contribution in [2.24, 2.45) is 0 Å². The molecular weight excluding hydrogens is 470 g/mol. The number of carbonyl (C=O) groups is 2. The van der Waals surface area contributed by atoms with Crippen molar-refractivity contribution in [1.82, 2.24) is 0 Å². The molecular formula is C22H14F6N2O4. The Morgan fingerprint density at radius 1 is 0.618 bits per heavy atom. The lowest BCUT2D eigenvalue weighted by molar-refractivity contribution is -0.137. The lowest BCUT2D eigenvalue weighted by atomic mass is 10.1. The summed E-state index contributed by atoms with van der Waals surface area (Å²) in [5.41, 5.74) is 6.61. The van der Waals surface area contributed by atoms with Crippen molar-refractivity contribution in [3.05, 3.63) is 82.9 Å². The molecule has 12 heteroatoms. The zero-order valence-electron chi connectivity index (χ0n) is 16.8.